The van der Waals surface area contributed by atoms with E-state index in [2.05, 4.69) is 25.8 Å². The van der Waals surface area contributed by atoms with Crippen LogP contribution in [-0.4, -0.2) is 55.3 Å². The van der Waals surface area contributed by atoms with Crippen LogP contribution in [0.5, 0.6) is 0 Å². The lowest BCUT2D eigenvalue weighted by Gasteiger charge is -2.20. The molecule has 10 nitrogen and oxygen atoms in total. The third-order valence-corrected chi connectivity index (χ3v) is 5.63. The molecular formula is C27H25N5O5. The Morgan fingerprint density at radius 3 is 2.27 bits per heavy atom. The molecule has 2 amide bonds. The maximum atomic E-state index is 12.9. The molecule has 0 saturated heterocycles. The Labute approximate surface area is 212 Å². The van der Waals surface area contributed by atoms with E-state index in [1.807, 2.05) is 54.6 Å². The normalized spacial score (nSPS) is 12.4. The molecule has 0 spiro atoms. The van der Waals surface area contributed by atoms with Crippen LogP contribution in [0.3, 0.4) is 0 Å². The van der Waals surface area contributed by atoms with Crippen molar-refractivity contribution >= 4 is 23.6 Å². The number of carbonyl (C=O) groups is 3. The summed E-state index contributed by atoms with van der Waals surface area (Å²) in [4.78, 5) is 40.3. The number of aromatic nitrogens is 3. The Balaban J connectivity index is 1.43. The molecular weight excluding hydrogens is 474 g/mol. The molecule has 2 heterocycles. The Morgan fingerprint density at radius 2 is 1.59 bits per heavy atom. The summed E-state index contributed by atoms with van der Waals surface area (Å²) in [6.07, 6.45) is -0.0651. The number of H-pyrrole nitrogens is 1. The fraction of sp³-hybridized carbons (Fsp3) is 0.148. The van der Waals surface area contributed by atoms with Gasteiger partial charge in [-0.2, -0.15) is 5.10 Å². The highest BCUT2D eigenvalue weighted by atomic mass is 16.4. The van der Waals surface area contributed by atoms with Gasteiger partial charge in [0.05, 0.1) is 0 Å². The summed E-state index contributed by atoms with van der Waals surface area (Å²) >= 11 is 0. The molecule has 4 aromatic rings. The van der Waals surface area contributed by atoms with Crippen LogP contribution >= 0.6 is 0 Å². The van der Waals surface area contributed by atoms with E-state index < -0.39 is 29.9 Å². The molecule has 0 saturated carbocycles. The minimum absolute atomic E-state index is 0.0607. The smallest absolute Gasteiger partial charge is 0.332 e. The molecule has 0 aliphatic carbocycles. The zero-order chi connectivity index (χ0) is 26.2. The summed E-state index contributed by atoms with van der Waals surface area (Å²) < 4.78 is 0. The second-order valence-corrected chi connectivity index (χ2v) is 8.36. The molecule has 0 aliphatic rings. The van der Waals surface area contributed by atoms with Gasteiger partial charge in [0, 0.05) is 24.7 Å². The van der Waals surface area contributed by atoms with Crippen molar-refractivity contribution in [2.45, 2.75) is 25.0 Å². The fourth-order valence-corrected chi connectivity index (χ4v) is 3.75. The van der Waals surface area contributed by atoms with E-state index in [1.54, 1.807) is 18.2 Å². The van der Waals surface area contributed by atoms with Crippen molar-refractivity contribution in [3.63, 3.8) is 0 Å². The first-order valence-electron chi connectivity index (χ1n) is 11.5. The number of amides is 2. The first-order valence-corrected chi connectivity index (χ1v) is 11.5. The van der Waals surface area contributed by atoms with Gasteiger partial charge < -0.3 is 20.8 Å². The lowest BCUT2D eigenvalue weighted by atomic mass is 9.97. The van der Waals surface area contributed by atoms with Gasteiger partial charge in [0.25, 0.3) is 11.8 Å². The maximum absolute atomic E-state index is 12.9. The van der Waals surface area contributed by atoms with E-state index in [4.69, 9.17) is 5.11 Å². The summed E-state index contributed by atoms with van der Waals surface area (Å²) in [5, 5.41) is 30.9. The monoisotopic (exact) mass is 499 g/mol. The number of aliphatic hydroxyl groups is 1. The van der Waals surface area contributed by atoms with Crippen molar-refractivity contribution in [2.24, 2.45) is 0 Å². The molecule has 4 rings (SSSR count). The van der Waals surface area contributed by atoms with Gasteiger partial charge >= 0.3 is 5.97 Å². The molecule has 2 aromatic carbocycles. The summed E-state index contributed by atoms with van der Waals surface area (Å²) in [5.74, 6) is -2.30. The SMILES string of the molecule is O=C(Nc1cc(C(=O)NC(Cc2ccc(-c3ccccc3)cc2)C[C@@H](O)C(=O)O)[nH]n1)c1ccccn1. The predicted molar refractivity (Wildman–Crippen MR) is 136 cm³/mol. The molecule has 2 atom stereocenters. The second kappa shape index (κ2) is 11.7. The number of rotatable bonds is 10. The minimum Gasteiger partial charge on any atom is -0.479 e. The van der Waals surface area contributed by atoms with Gasteiger partial charge in [-0.3, -0.25) is 19.7 Å². The van der Waals surface area contributed by atoms with Gasteiger partial charge in [0.1, 0.15) is 11.4 Å². The molecule has 0 bridgehead atoms. The van der Waals surface area contributed by atoms with E-state index in [1.165, 1.54) is 12.3 Å². The van der Waals surface area contributed by atoms with Gasteiger partial charge in [0.2, 0.25) is 0 Å². The summed E-state index contributed by atoms with van der Waals surface area (Å²) in [5.41, 5.74) is 3.19. The third-order valence-electron chi connectivity index (χ3n) is 5.63. The van der Waals surface area contributed by atoms with Crippen LogP contribution in [0.15, 0.2) is 85.1 Å². The molecule has 1 unspecified atom stereocenters. The molecule has 0 aliphatic heterocycles. The number of anilines is 1. The number of aliphatic hydroxyl groups excluding tert-OH is 1. The zero-order valence-electron chi connectivity index (χ0n) is 19.7. The average Bonchev–Trinajstić information content (AvgIpc) is 3.38. The summed E-state index contributed by atoms with van der Waals surface area (Å²) in [6, 6.07) is 23.1. The molecule has 0 fully saturated rings. The van der Waals surface area contributed by atoms with Crippen molar-refractivity contribution in [2.75, 3.05) is 5.32 Å². The minimum atomic E-state index is -1.65. The van der Waals surface area contributed by atoms with Crippen LogP contribution in [0, 0.1) is 0 Å². The number of hydrogen-bond acceptors (Lipinski definition) is 6. The van der Waals surface area contributed by atoms with Crippen LogP contribution < -0.4 is 10.6 Å². The maximum Gasteiger partial charge on any atom is 0.332 e. The zero-order valence-corrected chi connectivity index (χ0v) is 19.7. The van der Waals surface area contributed by atoms with Crippen molar-refractivity contribution in [1.29, 1.82) is 0 Å². The van der Waals surface area contributed by atoms with Crippen LogP contribution in [0.25, 0.3) is 11.1 Å². The van der Waals surface area contributed by atoms with E-state index in [0.29, 0.717) is 6.42 Å². The fourth-order valence-electron chi connectivity index (χ4n) is 3.75. The number of aromatic amines is 1. The van der Waals surface area contributed by atoms with Crippen molar-refractivity contribution in [1.82, 2.24) is 20.5 Å². The number of nitrogens with one attached hydrogen (secondary N) is 3. The van der Waals surface area contributed by atoms with Gasteiger partial charge in [-0.25, -0.2) is 4.79 Å². The van der Waals surface area contributed by atoms with Crippen molar-refractivity contribution in [3.05, 3.63) is 102 Å². The predicted octanol–water partition coefficient (Wildman–Crippen LogP) is 2.90. The van der Waals surface area contributed by atoms with Crippen molar-refractivity contribution < 1.29 is 24.6 Å². The Bertz CT molecular complexity index is 1360. The van der Waals surface area contributed by atoms with Crippen LogP contribution in [0.4, 0.5) is 5.82 Å². The number of nitrogens with zero attached hydrogens (tertiary/aromatic N) is 2. The van der Waals surface area contributed by atoms with E-state index in [-0.39, 0.29) is 23.6 Å². The van der Waals surface area contributed by atoms with Gasteiger partial charge in [-0.1, -0.05) is 60.7 Å². The summed E-state index contributed by atoms with van der Waals surface area (Å²) in [6.45, 7) is 0. The number of carbonyl (C=O) groups excluding carboxylic acids is 2. The Hall–Kier alpha value is -4.83. The van der Waals surface area contributed by atoms with Gasteiger partial charge in [-0.15, -0.1) is 0 Å². The molecule has 37 heavy (non-hydrogen) atoms. The highest BCUT2D eigenvalue weighted by Crippen LogP contribution is 2.20. The third kappa shape index (κ3) is 6.86. The van der Waals surface area contributed by atoms with Gasteiger partial charge in [0.15, 0.2) is 11.9 Å². The standard InChI is InChI=1S/C27H25N5O5/c33-23(27(36)37)15-20(14-17-9-11-19(12-10-17)18-6-2-1-3-7-18)29-26(35)22-16-24(32-31-22)30-25(34)21-8-4-5-13-28-21/h1-13,16,20,23,33H,14-15H2,(H,29,35)(H,36,37)(H2,30,31,32,34)/t20?,23-/m1/s1. The largest absolute Gasteiger partial charge is 0.479 e. The number of pyridine rings is 1. The number of carboxylic acid groups (broad SMARTS) is 1. The first-order chi connectivity index (χ1) is 17.9. The lowest BCUT2D eigenvalue weighted by Crippen LogP contribution is -2.40. The average molecular weight is 500 g/mol. The molecule has 188 valence electrons. The van der Waals surface area contributed by atoms with Crippen LogP contribution in [0.1, 0.15) is 33.0 Å². The quantitative estimate of drug-likeness (QED) is 0.224. The summed E-state index contributed by atoms with van der Waals surface area (Å²) in [7, 11) is 0. The molecule has 2 aromatic heterocycles. The molecule has 0 radical (unpaired) electrons. The first kappa shape index (κ1) is 25.3. The number of aliphatic carboxylic acids is 1. The van der Waals surface area contributed by atoms with E-state index in [9.17, 15) is 19.5 Å². The second-order valence-electron chi connectivity index (χ2n) is 8.36. The van der Waals surface area contributed by atoms with E-state index >= 15 is 0 Å². The number of carboxylic acids is 1. The lowest BCUT2D eigenvalue weighted by molar-refractivity contribution is -0.147. The Kier molecular flexibility index (Phi) is 8.01. The topological polar surface area (TPSA) is 157 Å². The Morgan fingerprint density at radius 1 is 0.892 bits per heavy atom. The van der Waals surface area contributed by atoms with E-state index in [0.717, 1.165) is 16.7 Å². The van der Waals surface area contributed by atoms with Crippen LogP contribution in [0.2, 0.25) is 0 Å². The molecule has 10 heteroatoms. The highest BCUT2D eigenvalue weighted by molar-refractivity contribution is 6.03. The number of benzene rings is 2. The number of hydrogen-bond donors (Lipinski definition) is 5. The van der Waals surface area contributed by atoms with Crippen molar-refractivity contribution in [3.8, 4) is 11.1 Å². The van der Waals surface area contributed by atoms with Crippen LogP contribution in [-0.2, 0) is 11.2 Å². The van der Waals surface area contributed by atoms with Gasteiger partial charge in [-0.05, 0) is 35.2 Å². The molecule has 5 N–H and O–H groups in total. The highest BCUT2D eigenvalue weighted by Gasteiger charge is 2.23.